The fraction of sp³-hybridized carbons (Fsp3) is 0.696. The monoisotopic (exact) mass is 421 g/mol. The zero-order valence-corrected chi connectivity index (χ0v) is 20.5. The van der Waals surface area contributed by atoms with E-state index in [1.54, 1.807) is 0 Å². The Morgan fingerprint density at radius 1 is 1.00 bits per heavy atom. The summed E-state index contributed by atoms with van der Waals surface area (Å²) in [4.78, 5) is 14.5. The molecule has 1 aromatic carbocycles. The van der Waals surface area contributed by atoms with Crippen LogP contribution in [0.15, 0.2) is 30.3 Å². The van der Waals surface area contributed by atoms with E-state index in [4.69, 9.17) is 13.9 Å². The van der Waals surface area contributed by atoms with Crippen molar-refractivity contribution in [2.45, 2.75) is 84.0 Å². The first-order valence-electron chi connectivity index (χ1n) is 10.5. The molecule has 0 bridgehead atoms. The number of rotatable bonds is 9. The Morgan fingerprint density at radius 3 is 2.14 bits per heavy atom. The highest BCUT2D eigenvalue weighted by molar-refractivity contribution is 6.74. The molecule has 0 saturated carbocycles. The predicted molar refractivity (Wildman–Crippen MR) is 119 cm³/mol. The molecule has 0 amide bonds. The van der Waals surface area contributed by atoms with Gasteiger partial charge in [0.2, 0.25) is 0 Å². The molecule has 0 N–H and O–H groups in total. The topological polar surface area (TPSA) is 47.8 Å². The highest BCUT2D eigenvalue weighted by Crippen LogP contribution is 2.38. The van der Waals surface area contributed by atoms with Gasteiger partial charge in [0, 0.05) is 0 Å². The highest BCUT2D eigenvalue weighted by atomic mass is 28.4. The number of carbonyl (C=O) groups excluding carboxylic acids is 1. The summed E-state index contributed by atoms with van der Waals surface area (Å²) in [6, 6.07) is 10.5. The van der Waals surface area contributed by atoms with Crippen LogP contribution in [0, 0.1) is 0 Å². The van der Waals surface area contributed by atoms with E-state index >= 15 is 0 Å². The molecule has 1 aromatic rings. The Hall–Kier alpha value is -1.21. The third-order valence-electron chi connectivity index (χ3n) is 5.76. The standard InChI is InChI=1S/C23H39NO4Si/c1-22(2,3)28-21(25)14-24-19(16-26-15-18-12-10-9-11-13-18)20(24)17-27-29(7,8)23(4,5)6/h9-13,19-20H,14-17H2,1-8H3/t19-,20-,24?/m1/s1. The van der Waals surface area contributed by atoms with Gasteiger partial charge in [-0.25, -0.2) is 0 Å². The predicted octanol–water partition coefficient (Wildman–Crippen LogP) is 4.62. The largest absolute Gasteiger partial charge is 0.459 e. The fourth-order valence-electron chi connectivity index (χ4n) is 2.95. The van der Waals surface area contributed by atoms with Crippen molar-refractivity contribution in [3.8, 4) is 0 Å². The van der Waals surface area contributed by atoms with Gasteiger partial charge in [0.05, 0.1) is 38.4 Å². The molecule has 29 heavy (non-hydrogen) atoms. The SMILES string of the molecule is CC(C)(C)OC(=O)CN1[C@H](COCc2ccccc2)[C@H]1CO[Si](C)(C)C(C)(C)C. The molecule has 0 spiro atoms. The van der Waals surface area contributed by atoms with Crippen molar-refractivity contribution >= 4 is 14.3 Å². The summed E-state index contributed by atoms with van der Waals surface area (Å²) in [6.45, 7) is 19.0. The molecular weight excluding hydrogens is 382 g/mol. The molecule has 6 heteroatoms. The van der Waals surface area contributed by atoms with Crippen molar-refractivity contribution in [1.29, 1.82) is 0 Å². The van der Waals surface area contributed by atoms with Gasteiger partial charge in [0.15, 0.2) is 8.32 Å². The summed E-state index contributed by atoms with van der Waals surface area (Å²) in [5, 5.41) is 0.164. The van der Waals surface area contributed by atoms with Gasteiger partial charge in [0.25, 0.3) is 0 Å². The molecule has 0 radical (unpaired) electrons. The van der Waals surface area contributed by atoms with Crippen molar-refractivity contribution in [3.63, 3.8) is 0 Å². The Balaban J connectivity index is 1.92. The van der Waals surface area contributed by atoms with E-state index in [2.05, 4.69) is 50.9 Å². The van der Waals surface area contributed by atoms with Gasteiger partial charge in [0.1, 0.15) is 5.60 Å². The molecule has 0 aliphatic carbocycles. The van der Waals surface area contributed by atoms with Crippen LogP contribution >= 0.6 is 0 Å². The summed E-state index contributed by atoms with van der Waals surface area (Å²) in [7, 11) is -1.83. The summed E-state index contributed by atoms with van der Waals surface area (Å²) in [6.07, 6.45) is 0. The molecule has 0 aromatic heterocycles. The zero-order valence-electron chi connectivity index (χ0n) is 19.5. The van der Waals surface area contributed by atoms with E-state index in [0.29, 0.717) is 19.8 Å². The smallest absolute Gasteiger partial charge is 0.320 e. The van der Waals surface area contributed by atoms with Crippen molar-refractivity contribution in [3.05, 3.63) is 35.9 Å². The van der Waals surface area contributed by atoms with Gasteiger partial charge >= 0.3 is 5.97 Å². The Kier molecular flexibility index (Phi) is 7.71. The van der Waals surface area contributed by atoms with Crippen molar-refractivity contribution in [2.24, 2.45) is 0 Å². The van der Waals surface area contributed by atoms with Crippen molar-refractivity contribution in [1.82, 2.24) is 4.90 Å². The van der Waals surface area contributed by atoms with Crippen LogP contribution < -0.4 is 0 Å². The lowest BCUT2D eigenvalue weighted by molar-refractivity contribution is -0.155. The molecule has 1 heterocycles. The van der Waals surface area contributed by atoms with Crippen molar-refractivity contribution < 1.29 is 18.7 Å². The summed E-state index contributed by atoms with van der Waals surface area (Å²) < 4.78 is 17.9. The third-order valence-corrected chi connectivity index (χ3v) is 10.3. The quantitative estimate of drug-likeness (QED) is 0.331. The van der Waals surface area contributed by atoms with E-state index < -0.39 is 13.9 Å². The van der Waals surface area contributed by atoms with E-state index in [1.807, 2.05) is 39.0 Å². The van der Waals surface area contributed by atoms with E-state index in [-0.39, 0.29) is 29.6 Å². The number of benzene rings is 1. The normalized spacial score (nSPS) is 22.4. The highest BCUT2D eigenvalue weighted by Gasteiger charge is 2.50. The molecule has 3 atom stereocenters. The van der Waals surface area contributed by atoms with Gasteiger partial charge in [-0.2, -0.15) is 0 Å². The number of carbonyl (C=O) groups is 1. The number of nitrogens with zero attached hydrogens (tertiary/aromatic N) is 1. The number of esters is 1. The summed E-state index contributed by atoms with van der Waals surface area (Å²) >= 11 is 0. The maximum atomic E-state index is 12.3. The minimum absolute atomic E-state index is 0.164. The molecule has 1 aliphatic rings. The minimum Gasteiger partial charge on any atom is -0.459 e. The number of hydrogen-bond acceptors (Lipinski definition) is 5. The lowest BCUT2D eigenvalue weighted by atomic mass is 10.2. The number of ether oxygens (including phenoxy) is 2. The second kappa shape index (κ2) is 9.29. The first-order valence-corrected chi connectivity index (χ1v) is 13.4. The van der Waals surface area contributed by atoms with Crippen LogP contribution in [0.5, 0.6) is 0 Å². The first kappa shape index (κ1) is 24.1. The van der Waals surface area contributed by atoms with Crippen LogP contribution in [-0.2, 0) is 25.3 Å². The lowest BCUT2D eigenvalue weighted by Gasteiger charge is -2.36. The molecule has 164 valence electrons. The Labute approximate surface area is 177 Å². The molecule has 1 aliphatic heterocycles. The lowest BCUT2D eigenvalue weighted by Crippen LogP contribution is -2.42. The summed E-state index contributed by atoms with van der Waals surface area (Å²) in [5.41, 5.74) is 0.681. The minimum atomic E-state index is -1.83. The molecule has 1 unspecified atom stereocenters. The Morgan fingerprint density at radius 2 is 1.59 bits per heavy atom. The van der Waals surface area contributed by atoms with Crippen LogP contribution in [-0.4, -0.2) is 56.6 Å². The van der Waals surface area contributed by atoms with Crippen LogP contribution in [0.2, 0.25) is 18.1 Å². The Bertz CT molecular complexity index is 664. The average Bonchev–Trinajstić information content (AvgIpc) is 3.22. The van der Waals surface area contributed by atoms with Crippen LogP contribution in [0.3, 0.4) is 0 Å². The van der Waals surface area contributed by atoms with Gasteiger partial charge in [-0.3, -0.25) is 9.69 Å². The van der Waals surface area contributed by atoms with E-state index in [9.17, 15) is 4.79 Å². The van der Waals surface area contributed by atoms with Gasteiger partial charge in [-0.1, -0.05) is 51.1 Å². The number of hydrogen-bond donors (Lipinski definition) is 0. The molecular formula is C23H39NO4Si. The average molecular weight is 422 g/mol. The molecule has 1 fully saturated rings. The van der Waals surface area contributed by atoms with Crippen LogP contribution in [0.1, 0.15) is 47.1 Å². The zero-order chi connectivity index (χ0) is 21.9. The maximum Gasteiger partial charge on any atom is 0.320 e. The summed E-state index contributed by atoms with van der Waals surface area (Å²) in [5.74, 6) is -0.194. The van der Waals surface area contributed by atoms with Crippen LogP contribution in [0.25, 0.3) is 0 Å². The second-order valence-electron chi connectivity index (χ2n) is 10.5. The van der Waals surface area contributed by atoms with Gasteiger partial charge in [-0.05, 0) is 44.5 Å². The molecule has 2 rings (SSSR count). The first-order chi connectivity index (χ1) is 13.3. The van der Waals surface area contributed by atoms with Gasteiger partial charge in [-0.15, -0.1) is 0 Å². The third kappa shape index (κ3) is 7.52. The maximum absolute atomic E-state index is 12.3. The fourth-order valence-corrected chi connectivity index (χ4v) is 3.97. The van der Waals surface area contributed by atoms with E-state index in [0.717, 1.165) is 5.56 Å². The van der Waals surface area contributed by atoms with E-state index in [1.165, 1.54) is 0 Å². The van der Waals surface area contributed by atoms with Gasteiger partial charge < -0.3 is 13.9 Å². The molecule has 1 saturated heterocycles. The second-order valence-corrected chi connectivity index (χ2v) is 15.3. The van der Waals surface area contributed by atoms with Crippen molar-refractivity contribution in [2.75, 3.05) is 19.8 Å². The molecule has 5 nitrogen and oxygen atoms in total. The van der Waals surface area contributed by atoms with Crippen LogP contribution in [0.4, 0.5) is 0 Å².